The molecule has 0 bridgehead atoms. The molecule has 0 radical (unpaired) electrons. The summed E-state index contributed by atoms with van der Waals surface area (Å²) in [4.78, 5) is 0. The molecular formula is C19H28O2. The lowest BCUT2D eigenvalue weighted by Gasteiger charge is -2.20. The fraction of sp³-hybridized carbons (Fsp3) is 0.579. The van der Waals surface area contributed by atoms with Gasteiger partial charge in [0.05, 0.1) is 6.10 Å². The van der Waals surface area contributed by atoms with Gasteiger partial charge in [0.1, 0.15) is 6.10 Å². The van der Waals surface area contributed by atoms with E-state index in [2.05, 4.69) is 31.4 Å². The van der Waals surface area contributed by atoms with Crippen molar-refractivity contribution in [2.75, 3.05) is 0 Å². The van der Waals surface area contributed by atoms with E-state index in [9.17, 15) is 10.2 Å². The van der Waals surface area contributed by atoms with Crippen molar-refractivity contribution in [1.82, 2.24) is 0 Å². The molecule has 3 atom stereocenters. The Bertz CT molecular complexity index is 474. The molecule has 1 aliphatic rings. The van der Waals surface area contributed by atoms with Crippen LogP contribution in [0, 0.1) is 17.8 Å². The lowest BCUT2D eigenvalue weighted by Crippen LogP contribution is -2.20. The second-order valence-electron chi connectivity index (χ2n) is 6.13. The summed E-state index contributed by atoms with van der Waals surface area (Å²) in [6.45, 7) is 10.1. The first-order valence-electron chi connectivity index (χ1n) is 7.73. The highest BCUT2D eigenvalue weighted by atomic mass is 16.3. The lowest BCUT2D eigenvalue weighted by molar-refractivity contribution is 0.174. The maximum atomic E-state index is 10.2. The summed E-state index contributed by atoms with van der Waals surface area (Å²) >= 11 is 0. The number of rotatable bonds is 1. The summed E-state index contributed by atoms with van der Waals surface area (Å²) in [5.74, 6) is 5.77. The van der Waals surface area contributed by atoms with Crippen molar-refractivity contribution in [3.63, 3.8) is 0 Å². The Morgan fingerprint density at radius 3 is 2.62 bits per heavy atom. The van der Waals surface area contributed by atoms with Crippen molar-refractivity contribution < 1.29 is 10.2 Å². The van der Waals surface area contributed by atoms with Crippen LogP contribution in [0.1, 0.15) is 52.9 Å². The Hall–Kier alpha value is -1.30. The van der Waals surface area contributed by atoms with Gasteiger partial charge >= 0.3 is 0 Å². The molecule has 0 saturated carbocycles. The van der Waals surface area contributed by atoms with Gasteiger partial charge in [0.15, 0.2) is 0 Å². The number of allylic oxidation sites excluding steroid dienone is 3. The van der Waals surface area contributed by atoms with Gasteiger partial charge in [-0.3, -0.25) is 0 Å². The number of hydrogen-bond donors (Lipinski definition) is 2. The zero-order valence-electron chi connectivity index (χ0n) is 13.5. The van der Waals surface area contributed by atoms with Crippen LogP contribution < -0.4 is 0 Å². The standard InChI is InChI=1S/C19H28O2/c1-14(2)18-12-11-15(3)7-5-8-16(4)13-17(20)9-6-10-19(18)21/h7,13,17-21H,1,5,8-9,11-12H2,2-4H3/b15-7+,16-13+/t17-,18?,19-/m1/s1. The Morgan fingerprint density at radius 2 is 1.95 bits per heavy atom. The zero-order chi connectivity index (χ0) is 15.8. The molecular weight excluding hydrogens is 260 g/mol. The number of aliphatic hydroxyl groups is 2. The molecule has 0 aliphatic heterocycles. The van der Waals surface area contributed by atoms with Crippen molar-refractivity contribution in [2.24, 2.45) is 5.92 Å². The summed E-state index contributed by atoms with van der Waals surface area (Å²) in [6.07, 6.45) is 7.02. The topological polar surface area (TPSA) is 40.5 Å². The number of hydrogen-bond acceptors (Lipinski definition) is 2. The van der Waals surface area contributed by atoms with Crippen molar-refractivity contribution in [2.45, 2.75) is 65.1 Å². The van der Waals surface area contributed by atoms with Gasteiger partial charge in [-0.1, -0.05) is 47.3 Å². The molecule has 21 heavy (non-hydrogen) atoms. The summed E-state index contributed by atoms with van der Waals surface area (Å²) in [6, 6.07) is 0. The first-order chi connectivity index (χ1) is 9.90. The van der Waals surface area contributed by atoms with Gasteiger partial charge in [0.2, 0.25) is 0 Å². The summed E-state index contributed by atoms with van der Waals surface area (Å²) < 4.78 is 0. The quantitative estimate of drug-likeness (QED) is 0.570. The average Bonchev–Trinajstić information content (AvgIpc) is 2.37. The SMILES string of the molecule is C=C(C)C1CC/C(C)=C/CC/C(C)=C/[C@H](O)CC#C[C@H]1O. The largest absolute Gasteiger partial charge is 0.388 e. The van der Waals surface area contributed by atoms with E-state index in [0.717, 1.165) is 31.3 Å². The van der Waals surface area contributed by atoms with E-state index in [-0.39, 0.29) is 5.92 Å². The molecule has 0 spiro atoms. The predicted octanol–water partition coefficient (Wildman–Crippen LogP) is 3.76. The van der Waals surface area contributed by atoms with Crippen molar-refractivity contribution >= 4 is 0 Å². The van der Waals surface area contributed by atoms with E-state index >= 15 is 0 Å². The Labute approximate surface area is 129 Å². The molecule has 0 aromatic rings. The van der Waals surface area contributed by atoms with E-state index in [1.165, 1.54) is 11.1 Å². The van der Waals surface area contributed by atoms with Gasteiger partial charge in [-0.2, -0.15) is 0 Å². The third-order valence-corrected chi connectivity index (χ3v) is 3.93. The first kappa shape index (κ1) is 17.8. The summed E-state index contributed by atoms with van der Waals surface area (Å²) in [5.41, 5.74) is 3.49. The second kappa shape index (κ2) is 8.87. The molecule has 0 aromatic carbocycles. The normalized spacial score (nSPS) is 33.5. The molecule has 1 rings (SSSR count). The molecule has 0 heterocycles. The molecule has 1 aliphatic carbocycles. The first-order valence-corrected chi connectivity index (χ1v) is 7.73. The van der Waals surface area contributed by atoms with Gasteiger partial charge in [0, 0.05) is 12.3 Å². The van der Waals surface area contributed by atoms with Crippen LogP contribution in [0.4, 0.5) is 0 Å². The average molecular weight is 288 g/mol. The van der Waals surface area contributed by atoms with Gasteiger partial charge in [-0.15, -0.1) is 0 Å². The predicted molar refractivity (Wildman–Crippen MR) is 88.7 cm³/mol. The van der Waals surface area contributed by atoms with Crippen LogP contribution in [-0.2, 0) is 0 Å². The van der Waals surface area contributed by atoms with Crippen LogP contribution in [0.3, 0.4) is 0 Å². The van der Waals surface area contributed by atoms with Crippen molar-refractivity contribution in [3.05, 3.63) is 35.5 Å². The van der Waals surface area contributed by atoms with Crippen LogP contribution in [0.25, 0.3) is 0 Å². The minimum Gasteiger partial charge on any atom is -0.388 e. The fourth-order valence-electron chi connectivity index (χ4n) is 2.54. The molecule has 2 nitrogen and oxygen atoms in total. The molecule has 2 heteroatoms. The van der Waals surface area contributed by atoms with E-state index in [4.69, 9.17) is 0 Å². The van der Waals surface area contributed by atoms with Gasteiger partial charge in [-0.05, 0) is 46.5 Å². The Morgan fingerprint density at radius 1 is 1.24 bits per heavy atom. The molecule has 0 aromatic heterocycles. The van der Waals surface area contributed by atoms with Gasteiger partial charge in [0.25, 0.3) is 0 Å². The van der Waals surface area contributed by atoms with Crippen LogP contribution in [0.5, 0.6) is 0 Å². The fourth-order valence-corrected chi connectivity index (χ4v) is 2.54. The smallest absolute Gasteiger partial charge is 0.121 e. The number of aliphatic hydroxyl groups excluding tert-OH is 2. The highest BCUT2D eigenvalue weighted by Gasteiger charge is 2.18. The maximum Gasteiger partial charge on any atom is 0.121 e. The summed E-state index contributed by atoms with van der Waals surface area (Å²) in [5, 5.41) is 20.1. The minimum absolute atomic E-state index is 0.00166. The molecule has 2 N–H and O–H groups in total. The molecule has 0 saturated heterocycles. The molecule has 0 fully saturated rings. The van der Waals surface area contributed by atoms with Crippen LogP contribution >= 0.6 is 0 Å². The highest BCUT2D eigenvalue weighted by molar-refractivity contribution is 5.16. The minimum atomic E-state index is -0.699. The molecule has 116 valence electrons. The Kier molecular flexibility index (Phi) is 7.50. The maximum absolute atomic E-state index is 10.2. The van der Waals surface area contributed by atoms with Crippen molar-refractivity contribution in [1.29, 1.82) is 0 Å². The van der Waals surface area contributed by atoms with Crippen LogP contribution in [0.2, 0.25) is 0 Å². The second-order valence-corrected chi connectivity index (χ2v) is 6.13. The van der Waals surface area contributed by atoms with Crippen LogP contribution in [0.15, 0.2) is 35.5 Å². The highest BCUT2D eigenvalue weighted by Crippen LogP contribution is 2.23. The van der Waals surface area contributed by atoms with E-state index in [1.54, 1.807) is 0 Å². The van der Waals surface area contributed by atoms with E-state index in [1.807, 2.05) is 19.9 Å². The third-order valence-electron chi connectivity index (χ3n) is 3.93. The molecule has 1 unspecified atom stereocenters. The van der Waals surface area contributed by atoms with Crippen LogP contribution in [-0.4, -0.2) is 22.4 Å². The third kappa shape index (κ3) is 6.80. The Balaban J connectivity index is 2.92. The zero-order valence-corrected chi connectivity index (χ0v) is 13.5. The monoisotopic (exact) mass is 288 g/mol. The van der Waals surface area contributed by atoms with Gasteiger partial charge < -0.3 is 10.2 Å². The van der Waals surface area contributed by atoms with E-state index < -0.39 is 12.2 Å². The lowest BCUT2D eigenvalue weighted by atomic mass is 9.89. The van der Waals surface area contributed by atoms with E-state index in [0.29, 0.717) is 6.42 Å². The summed E-state index contributed by atoms with van der Waals surface area (Å²) in [7, 11) is 0. The van der Waals surface area contributed by atoms with Gasteiger partial charge in [-0.25, -0.2) is 0 Å². The molecule has 0 amide bonds. The van der Waals surface area contributed by atoms with Crippen molar-refractivity contribution in [3.8, 4) is 11.8 Å².